The van der Waals surface area contributed by atoms with Gasteiger partial charge in [-0.15, -0.1) is 11.8 Å². The van der Waals surface area contributed by atoms with Crippen molar-refractivity contribution >= 4 is 11.8 Å². The molecule has 1 aromatic rings. The highest BCUT2D eigenvalue weighted by Gasteiger charge is 2.58. The second-order valence-electron chi connectivity index (χ2n) is 4.83. The smallest absolute Gasteiger partial charge is 0.0987 e. The molecule has 0 amide bonds. The summed E-state index contributed by atoms with van der Waals surface area (Å²) in [6.45, 7) is 0.914. The molecule has 0 aliphatic carbocycles. The third kappa shape index (κ3) is 1.28. The first-order valence-electron chi connectivity index (χ1n) is 5.90. The molecule has 0 aromatic heterocycles. The van der Waals surface area contributed by atoms with Crippen LogP contribution in [0.25, 0.3) is 0 Å². The van der Waals surface area contributed by atoms with Crippen LogP contribution in [0, 0.1) is 5.92 Å². The van der Waals surface area contributed by atoms with E-state index >= 15 is 0 Å². The lowest BCUT2D eigenvalue weighted by molar-refractivity contribution is 0.0657. The van der Waals surface area contributed by atoms with Gasteiger partial charge in [-0.05, 0) is 18.6 Å². The summed E-state index contributed by atoms with van der Waals surface area (Å²) in [6.07, 6.45) is 2.36. The monoisotopic (exact) mass is 234 g/mol. The van der Waals surface area contributed by atoms with Gasteiger partial charge in [0.2, 0.25) is 0 Å². The van der Waals surface area contributed by atoms with Crippen LogP contribution in [-0.2, 0) is 9.47 Å². The Bertz CT molecular complexity index is 392. The van der Waals surface area contributed by atoms with Crippen molar-refractivity contribution in [3.63, 3.8) is 0 Å². The zero-order valence-electron chi connectivity index (χ0n) is 8.91. The Morgan fingerprint density at radius 2 is 2.00 bits per heavy atom. The summed E-state index contributed by atoms with van der Waals surface area (Å²) in [5.41, 5.74) is 0. The molecular formula is C13H14O2S. The van der Waals surface area contributed by atoms with E-state index in [-0.39, 0.29) is 0 Å². The van der Waals surface area contributed by atoms with Gasteiger partial charge in [-0.1, -0.05) is 18.2 Å². The van der Waals surface area contributed by atoms with Crippen LogP contribution in [-0.4, -0.2) is 30.2 Å². The minimum atomic E-state index is 0.342. The van der Waals surface area contributed by atoms with Gasteiger partial charge in [-0.25, -0.2) is 0 Å². The Hall–Kier alpha value is -0.510. The van der Waals surface area contributed by atoms with E-state index in [0.717, 1.165) is 6.61 Å². The van der Waals surface area contributed by atoms with Gasteiger partial charge in [0.25, 0.3) is 0 Å². The molecule has 3 aliphatic heterocycles. The fourth-order valence-corrected chi connectivity index (χ4v) is 4.47. The molecule has 84 valence electrons. The van der Waals surface area contributed by atoms with Gasteiger partial charge in [-0.3, -0.25) is 0 Å². The first-order chi connectivity index (χ1) is 7.92. The summed E-state index contributed by atoms with van der Waals surface area (Å²) < 4.78 is 11.9. The Morgan fingerprint density at radius 1 is 1.12 bits per heavy atom. The fourth-order valence-electron chi connectivity index (χ4n) is 3.14. The molecule has 0 spiro atoms. The molecular weight excluding hydrogens is 220 g/mol. The summed E-state index contributed by atoms with van der Waals surface area (Å²) in [6, 6.07) is 10.6. The van der Waals surface area contributed by atoms with Gasteiger partial charge in [0, 0.05) is 10.8 Å². The lowest BCUT2D eigenvalue weighted by atomic mass is 9.90. The summed E-state index contributed by atoms with van der Waals surface area (Å²) in [5.74, 6) is 0.683. The first-order valence-corrected chi connectivity index (χ1v) is 6.78. The molecule has 16 heavy (non-hydrogen) atoms. The molecule has 3 heterocycles. The minimum Gasteiger partial charge on any atom is -0.374 e. The maximum Gasteiger partial charge on any atom is 0.0987 e. The molecule has 3 saturated heterocycles. The van der Waals surface area contributed by atoms with Gasteiger partial charge in [-0.2, -0.15) is 0 Å². The highest BCUT2D eigenvalue weighted by molar-refractivity contribution is 8.00. The van der Waals surface area contributed by atoms with Gasteiger partial charge < -0.3 is 9.47 Å². The topological polar surface area (TPSA) is 18.5 Å². The molecule has 0 N–H and O–H groups in total. The number of ether oxygens (including phenoxy) is 2. The molecule has 1 aromatic carbocycles. The molecule has 3 heteroatoms. The van der Waals surface area contributed by atoms with E-state index in [4.69, 9.17) is 9.47 Å². The van der Waals surface area contributed by atoms with Crippen molar-refractivity contribution in [2.75, 3.05) is 6.61 Å². The predicted octanol–water partition coefficient (Wildman–Crippen LogP) is 2.33. The van der Waals surface area contributed by atoms with Gasteiger partial charge in [0.05, 0.1) is 30.2 Å². The summed E-state index contributed by atoms with van der Waals surface area (Å²) >= 11 is 1.92. The lowest BCUT2D eigenvalue weighted by Gasteiger charge is -2.22. The quantitative estimate of drug-likeness (QED) is 0.782. The van der Waals surface area contributed by atoms with Crippen LogP contribution >= 0.6 is 11.8 Å². The number of hydrogen-bond acceptors (Lipinski definition) is 3. The third-order valence-electron chi connectivity index (χ3n) is 3.86. The molecule has 3 aliphatic rings. The van der Waals surface area contributed by atoms with Crippen molar-refractivity contribution < 1.29 is 9.47 Å². The van der Waals surface area contributed by atoms with E-state index in [1.54, 1.807) is 0 Å². The molecule has 0 unspecified atom stereocenters. The molecule has 2 bridgehead atoms. The SMILES string of the molecule is c1ccc(S[C@@H]2[C@H]3OC[C@H]4C[C@@H]2O[C@H]43)cc1. The van der Waals surface area contributed by atoms with E-state index in [2.05, 4.69) is 30.3 Å². The number of fused-ring (bicyclic) bond motifs is 1. The molecule has 4 rings (SSSR count). The van der Waals surface area contributed by atoms with Crippen LogP contribution in [0.2, 0.25) is 0 Å². The van der Waals surface area contributed by atoms with Crippen LogP contribution in [0.1, 0.15) is 6.42 Å². The van der Waals surface area contributed by atoms with Crippen LogP contribution in [0.5, 0.6) is 0 Å². The van der Waals surface area contributed by atoms with Crippen molar-refractivity contribution in [3.05, 3.63) is 30.3 Å². The maximum absolute atomic E-state index is 6.00. The van der Waals surface area contributed by atoms with E-state index < -0.39 is 0 Å². The van der Waals surface area contributed by atoms with E-state index in [1.165, 1.54) is 11.3 Å². The van der Waals surface area contributed by atoms with Crippen molar-refractivity contribution in [3.8, 4) is 0 Å². The van der Waals surface area contributed by atoms with E-state index in [9.17, 15) is 0 Å². The third-order valence-corrected chi connectivity index (χ3v) is 5.25. The number of hydrogen-bond donors (Lipinski definition) is 0. The fraction of sp³-hybridized carbons (Fsp3) is 0.538. The van der Waals surface area contributed by atoms with Crippen LogP contribution in [0.3, 0.4) is 0 Å². The normalized spacial score (nSPS) is 44.1. The zero-order chi connectivity index (χ0) is 10.5. The van der Waals surface area contributed by atoms with E-state index in [1.807, 2.05) is 11.8 Å². The maximum atomic E-state index is 6.00. The van der Waals surface area contributed by atoms with Crippen LogP contribution in [0.4, 0.5) is 0 Å². The average molecular weight is 234 g/mol. The highest BCUT2D eigenvalue weighted by atomic mass is 32.2. The molecule has 3 fully saturated rings. The minimum absolute atomic E-state index is 0.342. The predicted molar refractivity (Wildman–Crippen MR) is 62.6 cm³/mol. The second-order valence-corrected chi connectivity index (χ2v) is 6.08. The van der Waals surface area contributed by atoms with Gasteiger partial charge in [0.1, 0.15) is 0 Å². The standard InChI is InChI=1S/C13H14O2S/c1-2-4-9(5-3-1)16-13-10-6-8-7-14-12(13)11(8)15-10/h1-5,8,10-13H,6-7H2/t8-,10+,11-,12+,13+/m1/s1. The second kappa shape index (κ2) is 3.49. The van der Waals surface area contributed by atoms with Crippen molar-refractivity contribution in [1.29, 1.82) is 0 Å². The van der Waals surface area contributed by atoms with Crippen LogP contribution < -0.4 is 0 Å². The zero-order valence-corrected chi connectivity index (χ0v) is 9.73. The average Bonchev–Trinajstić information content (AvgIpc) is 2.91. The highest BCUT2D eigenvalue weighted by Crippen LogP contribution is 2.51. The number of rotatable bonds is 2. The summed E-state index contributed by atoms with van der Waals surface area (Å²) in [7, 11) is 0. The first kappa shape index (κ1) is 9.51. The van der Waals surface area contributed by atoms with Gasteiger partial charge >= 0.3 is 0 Å². The Balaban J connectivity index is 1.57. The molecule has 2 nitrogen and oxygen atoms in total. The molecule has 5 atom stereocenters. The van der Waals surface area contributed by atoms with E-state index in [0.29, 0.717) is 29.5 Å². The molecule has 0 saturated carbocycles. The lowest BCUT2D eigenvalue weighted by Crippen LogP contribution is -2.34. The van der Waals surface area contributed by atoms with Gasteiger partial charge in [0.15, 0.2) is 0 Å². The van der Waals surface area contributed by atoms with Crippen LogP contribution in [0.15, 0.2) is 35.2 Å². The summed E-state index contributed by atoms with van der Waals surface area (Å²) in [5, 5.41) is 0.506. The largest absolute Gasteiger partial charge is 0.374 e. The van der Waals surface area contributed by atoms with Crippen molar-refractivity contribution in [2.45, 2.75) is 34.9 Å². The van der Waals surface area contributed by atoms with Crippen molar-refractivity contribution in [2.24, 2.45) is 5.92 Å². The number of thioether (sulfide) groups is 1. The summed E-state index contributed by atoms with van der Waals surface area (Å²) in [4.78, 5) is 1.33. The Labute approximate surface area is 99.3 Å². The number of benzene rings is 1. The Morgan fingerprint density at radius 3 is 2.88 bits per heavy atom. The Kier molecular flexibility index (Phi) is 2.07. The molecule has 0 radical (unpaired) electrons. The van der Waals surface area contributed by atoms with Crippen molar-refractivity contribution in [1.82, 2.24) is 0 Å².